The quantitative estimate of drug-likeness (QED) is 0.699. The van der Waals surface area contributed by atoms with Crippen molar-refractivity contribution in [3.8, 4) is 0 Å². The van der Waals surface area contributed by atoms with Gasteiger partial charge in [-0.3, -0.25) is 9.69 Å². The van der Waals surface area contributed by atoms with Gasteiger partial charge in [-0.05, 0) is 37.5 Å². The van der Waals surface area contributed by atoms with Gasteiger partial charge in [0.1, 0.15) is 4.88 Å². The van der Waals surface area contributed by atoms with Gasteiger partial charge < -0.3 is 10.1 Å². The maximum absolute atomic E-state index is 12.9. The number of benzene rings is 1. The van der Waals surface area contributed by atoms with Crippen molar-refractivity contribution in [1.82, 2.24) is 15.2 Å². The number of amides is 1. The van der Waals surface area contributed by atoms with Gasteiger partial charge in [0.2, 0.25) is 0 Å². The first-order valence-corrected chi connectivity index (χ1v) is 10.8. The molecule has 1 aromatic heterocycles. The number of hydrogen-bond acceptors (Lipinski definition) is 5. The molecule has 1 amide bonds. The molecule has 0 radical (unpaired) electrons. The van der Waals surface area contributed by atoms with Crippen LogP contribution in [0.1, 0.15) is 50.9 Å². The van der Waals surface area contributed by atoms with Crippen LogP contribution in [0.4, 0.5) is 13.2 Å². The Morgan fingerprint density at radius 2 is 1.93 bits per heavy atom. The van der Waals surface area contributed by atoms with Crippen LogP contribution < -0.4 is 5.32 Å². The van der Waals surface area contributed by atoms with Gasteiger partial charge in [-0.1, -0.05) is 19.1 Å². The summed E-state index contributed by atoms with van der Waals surface area (Å²) in [4.78, 5) is 19.9. The first kappa shape index (κ1) is 22.7. The summed E-state index contributed by atoms with van der Waals surface area (Å²) in [5, 5.41) is 3.90. The molecule has 2 aromatic rings. The molecule has 1 fully saturated rings. The second-order valence-corrected chi connectivity index (χ2v) is 8.35. The molecule has 0 spiro atoms. The Morgan fingerprint density at radius 1 is 1.27 bits per heavy atom. The van der Waals surface area contributed by atoms with E-state index in [1.54, 1.807) is 0 Å². The Morgan fingerprint density at radius 3 is 2.53 bits per heavy atom. The number of halogens is 3. The van der Waals surface area contributed by atoms with E-state index in [0.717, 1.165) is 35.5 Å². The van der Waals surface area contributed by atoms with Crippen LogP contribution in [0.25, 0.3) is 0 Å². The number of carbonyl (C=O) groups excluding carboxylic acids is 1. The van der Waals surface area contributed by atoms with Crippen LogP contribution in [0.3, 0.4) is 0 Å². The highest BCUT2D eigenvalue weighted by Gasteiger charge is 2.31. The Bertz CT molecular complexity index is 846. The van der Waals surface area contributed by atoms with Gasteiger partial charge >= 0.3 is 6.18 Å². The van der Waals surface area contributed by atoms with E-state index in [9.17, 15) is 18.0 Å². The molecule has 164 valence electrons. The summed E-state index contributed by atoms with van der Waals surface area (Å²) in [5.41, 5.74) is 0.760. The summed E-state index contributed by atoms with van der Waals surface area (Å²) < 4.78 is 44.2. The summed E-state index contributed by atoms with van der Waals surface area (Å²) >= 11 is 1.40. The predicted molar refractivity (Wildman–Crippen MR) is 110 cm³/mol. The number of aromatic nitrogens is 1. The van der Waals surface area contributed by atoms with Gasteiger partial charge in [0.05, 0.1) is 35.5 Å². The minimum Gasteiger partial charge on any atom is -0.379 e. The molecule has 0 saturated carbocycles. The lowest BCUT2D eigenvalue weighted by Crippen LogP contribution is -2.43. The average Bonchev–Trinajstić information content (AvgIpc) is 3.09. The number of morpholine rings is 1. The maximum Gasteiger partial charge on any atom is 0.416 e. The maximum atomic E-state index is 12.9. The van der Waals surface area contributed by atoms with Gasteiger partial charge in [-0.2, -0.15) is 13.2 Å². The predicted octanol–water partition coefficient (Wildman–Crippen LogP) is 4.23. The first-order chi connectivity index (χ1) is 14.3. The molecule has 1 saturated heterocycles. The summed E-state index contributed by atoms with van der Waals surface area (Å²) in [5.74, 6) is -0.197. The van der Waals surface area contributed by atoms with Crippen molar-refractivity contribution in [2.45, 2.75) is 38.9 Å². The zero-order chi connectivity index (χ0) is 21.7. The third-order valence-corrected chi connectivity index (χ3v) is 6.29. The van der Waals surface area contributed by atoms with Crippen molar-refractivity contribution in [2.75, 3.05) is 32.8 Å². The smallest absolute Gasteiger partial charge is 0.379 e. The standard InChI is InChI=1S/C21H26F3N3O2S/c1-3-4-18-26-14(2)19(30-18)20(28)25-13-17(27-9-11-29-12-10-27)15-5-7-16(8-6-15)21(22,23)24/h5-8,17H,3-4,9-13H2,1-2H3,(H,25,28). The molecule has 0 bridgehead atoms. The van der Waals surface area contributed by atoms with Crippen LogP contribution in [0.2, 0.25) is 0 Å². The number of nitrogens with zero attached hydrogens (tertiary/aromatic N) is 2. The highest BCUT2D eigenvalue weighted by atomic mass is 32.1. The minimum absolute atomic E-state index is 0.197. The lowest BCUT2D eigenvalue weighted by molar-refractivity contribution is -0.137. The average molecular weight is 442 g/mol. The second kappa shape index (κ2) is 9.89. The topological polar surface area (TPSA) is 54.5 Å². The van der Waals surface area contributed by atoms with Crippen molar-refractivity contribution in [3.05, 3.63) is 51.0 Å². The van der Waals surface area contributed by atoms with Crippen molar-refractivity contribution in [3.63, 3.8) is 0 Å². The number of carbonyl (C=O) groups is 1. The lowest BCUT2D eigenvalue weighted by Gasteiger charge is -2.35. The molecule has 2 heterocycles. The fraction of sp³-hybridized carbons (Fsp3) is 0.524. The van der Waals surface area contributed by atoms with Gasteiger partial charge in [-0.25, -0.2) is 4.98 Å². The van der Waals surface area contributed by atoms with Gasteiger partial charge in [0, 0.05) is 19.6 Å². The van der Waals surface area contributed by atoms with E-state index in [1.807, 2.05) is 6.92 Å². The summed E-state index contributed by atoms with van der Waals surface area (Å²) in [7, 11) is 0. The normalized spacial score (nSPS) is 16.4. The molecule has 0 aliphatic carbocycles. The number of aryl methyl sites for hydroxylation is 2. The second-order valence-electron chi connectivity index (χ2n) is 7.27. The van der Waals surface area contributed by atoms with Crippen LogP contribution in [0, 0.1) is 6.92 Å². The van der Waals surface area contributed by atoms with E-state index < -0.39 is 11.7 Å². The molecular weight excluding hydrogens is 415 g/mol. The molecule has 1 N–H and O–H groups in total. The number of hydrogen-bond donors (Lipinski definition) is 1. The SMILES string of the molecule is CCCc1nc(C)c(C(=O)NCC(c2ccc(C(F)(F)F)cc2)N2CCOCC2)s1. The minimum atomic E-state index is -4.37. The van der Waals surface area contributed by atoms with Crippen molar-refractivity contribution < 1.29 is 22.7 Å². The molecule has 1 unspecified atom stereocenters. The van der Waals surface area contributed by atoms with Crippen LogP contribution in [-0.2, 0) is 17.3 Å². The number of thiazole rings is 1. The van der Waals surface area contributed by atoms with E-state index in [-0.39, 0.29) is 11.9 Å². The van der Waals surface area contributed by atoms with E-state index in [1.165, 1.54) is 23.5 Å². The fourth-order valence-corrected chi connectivity index (χ4v) is 4.58. The van der Waals surface area contributed by atoms with Crippen LogP contribution >= 0.6 is 11.3 Å². The zero-order valence-corrected chi connectivity index (χ0v) is 17.9. The molecular formula is C21H26F3N3O2S. The number of ether oxygens (including phenoxy) is 1. The molecule has 5 nitrogen and oxygen atoms in total. The number of nitrogens with one attached hydrogen (secondary N) is 1. The van der Waals surface area contributed by atoms with Gasteiger partial charge in [-0.15, -0.1) is 11.3 Å². The fourth-order valence-electron chi connectivity index (χ4n) is 3.49. The van der Waals surface area contributed by atoms with Crippen LogP contribution in [-0.4, -0.2) is 48.6 Å². The Labute approximate surface area is 178 Å². The van der Waals surface area contributed by atoms with E-state index in [4.69, 9.17) is 4.74 Å². The third-order valence-electron chi connectivity index (χ3n) is 5.08. The first-order valence-electron chi connectivity index (χ1n) is 10.0. The van der Waals surface area contributed by atoms with Crippen molar-refractivity contribution >= 4 is 17.2 Å². The molecule has 1 aliphatic rings. The third kappa shape index (κ3) is 5.59. The van der Waals surface area contributed by atoms with E-state index in [0.29, 0.717) is 43.4 Å². The highest BCUT2D eigenvalue weighted by molar-refractivity contribution is 7.13. The largest absolute Gasteiger partial charge is 0.416 e. The van der Waals surface area contributed by atoms with E-state index in [2.05, 4.69) is 22.1 Å². The van der Waals surface area contributed by atoms with Crippen molar-refractivity contribution in [2.24, 2.45) is 0 Å². The Kier molecular flexibility index (Phi) is 7.49. The molecule has 1 aromatic carbocycles. The highest BCUT2D eigenvalue weighted by Crippen LogP contribution is 2.31. The Balaban J connectivity index is 1.75. The lowest BCUT2D eigenvalue weighted by atomic mass is 10.0. The number of rotatable bonds is 7. The molecule has 1 atom stereocenters. The number of alkyl halides is 3. The Hall–Kier alpha value is -1.97. The summed E-state index contributed by atoms with van der Waals surface area (Å²) in [6, 6.07) is 4.94. The van der Waals surface area contributed by atoms with Gasteiger partial charge in [0.25, 0.3) is 5.91 Å². The zero-order valence-electron chi connectivity index (χ0n) is 17.1. The monoisotopic (exact) mass is 441 g/mol. The van der Waals surface area contributed by atoms with Crippen LogP contribution in [0.15, 0.2) is 24.3 Å². The molecule has 9 heteroatoms. The molecule has 3 rings (SSSR count). The van der Waals surface area contributed by atoms with Crippen molar-refractivity contribution in [1.29, 1.82) is 0 Å². The molecule has 1 aliphatic heterocycles. The van der Waals surface area contributed by atoms with Crippen LogP contribution in [0.5, 0.6) is 0 Å². The van der Waals surface area contributed by atoms with Gasteiger partial charge in [0.15, 0.2) is 0 Å². The van der Waals surface area contributed by atoms with E-state index >= 15 is 0 Å². The molecule has 30 heavy (non-hydrogen) atoms. The summed E-state index contributed by atoms with van der Waals surface area (Å²) in [6.07, 6.45) is -2.58. The summed E-state index contributed by atoms with van der Waals surface area (Å²) in [6.45, 7) is 6.60.